The van der Waals surface area contributed by atoms with Crippen molar-refractivity contribution in [2.75, 3.05) is 13.7 Å². The zero-order valence-electron chi connectivity index (χ0n) is 14.0. The van der Waals surface area contributed by atoms with Crippen LogP contribution in [0.2, 0.25) is 5.02 Å². The van der Waals surface area contributed by atoms with Gasteiger partial charge in [0.25, 0.3) is 11.6 Å². The van der Waals surface area contributed by atoms with Crippen molar-refractivity contribution >= 4 is 44.7 Å². The first kappa shape index (κ1) is 19.2. The fraction of sp³-hybridized carbons (Fsp3) is 0.176. The first-order valence-corrected chi connectivity index (χ1v) is 8.91. The van der Waals surface area contributed by atoms with Crippen molar-refractivity contribution in [3.8, 4) is 0 Å². The molecule has 0 aliphatic heterocycles. The molecular formula is C17H13ClFN3O4S. The third-order valence-electron chi connectivity index (χ3n) is 3.77. The number of nitro benzene ring substituents is 1. The highest BCUT2D eigenvalue weighted by Crippen LogP contribution is 2.24. The van der Waals surface area contributed by atoms with Crippen molar-refractivity contribution in [3.63, 3.8) is 0 Å². The SMILES string of the molecule is COCCn1c(=NC(=O)c2c(F)cccc2Cl)sc2cc([N+](=O)[O-])ccc21. The van der Waals surface area contributed by atoms with E-state index in [4.69, 9.17) is 16.3 Å². The van der Waals surface area contributed by atoms with Gasteiger partial charge in [0, 0.05) is 25.8 Å². The molecule has 0 bridgehead atoms. The summed E-state index contributed by atoms with van der Waals surface area (Å²) >= 11 is 7.02. The number of non-ortho nitro benzene ring substituents is 1. The smallest absolute Gasteiger partial charge is 0.284 e. The van der Waals surface area contributed by atoms with E-state index < -0.39 is 16.6 Å². The number of hydrogen-bond acceptors (Lipinski definition) is 5. The van der Waals surface area contributed by atoms with Gasteiger partial charge in [0.05, 0.1) is 32.3 Å². The molecular weight excluding hydrogens is 397 g/mol. The number of halogens is 2. The van der Waals surface area contributed by atoms with Gasteiger partial charge < -0.3 is 9.30 Å². The number of aromatic nitrogens is 1. The molecule has 0 fully saturated rings. The second-order valence-corrected chi connectivity index (χ2v) is 6.87. The zero-order chi connectivity index (χ0) is 19.6. The van der Waals surface area contributed by atoms with Gasteiger partial charge in [-0.15, -0.1) is 0 Å². The first-order chi connectivity index (χ1) is 12.9. The Hall–Kier alpha value is -2.62. The molecule has 1 amide bonds. The predicted molar refractivity (Wildman–Crippen MR) is 99.6 cm³/mol. The van der Waals surface area contributed by atoms with Gasteiger partial charge in [-0.1, -0.05) is 29.0 Å². The van der Waals surface area contributed by atoms with Gasteiger partial charge in [-0.05, 0) is 18.2 Å². The van der Waals surface area contributed by atoms with Crippen molar-refractivity contribution in [1.82, 2.24) is 4.57 Å². The van der Waals surface area contributed by atoms with E-state index >= 15 is 0 Å². The zero-order valence-corrected chi connectivity index (χ0v) is 15.6. The number of carbonyl (C=O) groups is 1. The molecule has 140 valence electrons. The first-order valence-electron chi connectivity index (χ1n) is 7.72. The average Bonchev–Trinajstić information content (AvgIpc) is 2.95. The fourth-order valence-electron chi connectivity index (χ4n) is 2.50. The van der Waals surface area contributed by atoms with Crippen LogP contribution in [0.5, 0.6) is 0 Å². The van der Waals surface area contributed by atoms with Crippen LogP contribution in [0.1, 0.15) is 10.4 Å². The largest absolute Gasteiger partial charge is 0.383 e. The maximum atomic E-state index is 14.0. The number of amides is 1. The second-order valence-electron chi connectivity index (χ2n) is 5.45. The Morgan fingerprint density at radius 1 is 1.41 bits per heavy atom. The molecule has 2 aromatic carbocycles. The third-order valence-corrected chi connectivity index (χ3v) is 5.13. The molecule has 3 aromatic rings. The second kappa shape index (κ2) is 7.95. The maximum Gasteiger partial charge on any atom is 0.284 e. The molecule has 10 heteroatoms. The summed E-state index contributed by atoms with van der Waals surface area (Å²) in [6.07, 6.45) is 0. The lowest BCUT2D eigenvalue weighted by Gasteiger charge is -2.04. The van der Waals surface area contributed by atoms with Crippen LogP contribution < -0.4 is 4.80 Å². The Bertz CT molecular complexity index is 1090. The number of nitrogens with zero attached hydrogens (tertiary/aromatic N) is 3. The lowest BCUT2D eigenvalue weighted by Crippen LogP contribution is -2.19. The average molecular weight is 410 g/mol. The number of hydrogen-bond donors (Lipinski definition) is 0. The summed E-state index contributed by atoms with van der Waals surface area (Å²) < 4.78 is 21.3. The Kier molecular flexibility index (Phi) is 5.64. The van der Waals surface area contributed by atoms with Crippen molar-refractivity contribution in [2.45, 2.75) is 6.54 Å². The van der Waals surface area contributed by atoms with Crippen LogP contribution in [0.15, 0.2) is 41.4 Å². The molecule has 3 rings (SSSR count). The monoisotopic (exact) mass is 409 g/mol. The van der Waals surface area contributed by atoms with Crippen LogP contribution in [-0.4, -0.2) is 29.1 Å². The molecule has 0 N–H and O–H groups in total. The molecule has 0 aliphatic carbocycles. The molecule has 27 heavy (non-hydrogen) atoms. The molecule has 0 aliphatic rings. The standard InChI is InChI=1S/C17H13ClFN3O4S/c1-26-8-7-21-13-6-5-10(22(24)25)9-14(13)27-17(21)20-16(23)15-11(18)3-2-4-12(15)19/h2-6,9H,7-8H2,1H3. The third kappa shape index (κ3) is 3.90. The summed E-state index contributed by atoms with van der Waals surface area (Å²) in [6, 6.07) is 8.29. The fourth-order valence-corrected chi connectivity index (χ4v) is 3.84. The molecule has 0 spiro atoms. The highest BCUT2D eigenvalue weighted by Gasteiger charge is 2.17. The topological polar surface area (TPSA) is 86.7 Å². The number of carbonyl (C=O) groups excluding carboxylic acids is 1. The molecule has 0 unspecified atom stereocenters. The van der Waals surface area contributed by atoms with E-state index in [1.165, 1.54) is 31.4 Å². The Morgan fingerprint density at radius 2 is 2.19 bits per heavy atom. The van der Waals surface area contributed by atoms with Crippen molar-refractivity contribution in [2.24, 2.45) is 4.99 Å². The summed E-state index contributed by atoms with van der Waals surface area (Å²) in [5.74, 6) is -1.60. The number of thiazole rings is 1. The molecule has 7 nitrogen and oxygen atoms in total. The summed E-state index contributed by atoms with van der Waals surface area (Å²) in [5, 5.41) is 11.0. The minimum atomic E-state index is -0.828. The maximum absolute atomic E-state index is 14.0. The lowest BCUT2D eigenvalue weighted by atomic mass is 10.2. The number of ether oxygens (including phenoxy) is 1. The van der Waals surface area contributed by atoms with Crippen LogP contribution in [0.3, 0.4) is 0 Å². The van der Waals surface area contributed by atoms with Gasteiger partial charge in [0.1, 0.15) is 5.82 Å². The normalized spacial score (nSPS) is 11.9. The number of methoxy groups -OCH3 is 1. The van der Waals surface area contributed by atoms with Crippen molar-refractivity contribution in [1.29, 1.82) is 0 Å². The number of benzene rings is 2. The van der Waals surface area contributed by atoms with E-state index in [1.54, 1.807) is 10.6 Å². The molecule has 1 aromatic heterocycles. The van der Waals surface area contributed by atoms with Crippen LogP contribution >= 0.6 is 22.9 Å². The van der Waals surface area contributed by atoms with E-state index in [0.29, 0.717) is 23.4 Å². The van der Waals surface area contributed by atoms with E-state index in [-0.39, 0.29) is 21.1 Å². The molecule has 0 saturated heterocycles. The highest BCUT2D eigenvalue weighted by molar-refractivity contribution is 7.16. The minimum Gasteiger partial charge on any atom is -0.383 e. The van der Waals surface area contributed by atoms with Crippen LogP contribution in [0.25, 0.3) is 10.2 Å². The van der Waals surface area contributed by atoms with Crippen LogP contribution in [0, 0.1) is 15.9 Å². The summed E-state index contributed by atoms with van der Waals surface area (Å²) in [4.78, 5) is 27.3. The quantitative estimate of drug-likeness (QED) is 0.474. The Labute approximate surface area is 161 Å². The van der Waals surface area contributed by atoms with E-state index in [0.717, 1.165) is 17.4 Å². The van der Waals surface area contributed by atoms with Crippen LogP contribution in [-0.2, 0) is 11.3 Å². The van der Waals surface area contributed by atoms with Gasteiger partial charge in [-0.25, -0.2) is 4.39 Å². The molecule has 1 heterocycles. The number of rotatable bonds is 5. The predicted octanol–water partition coefficient (Wildman–Crippen LogP) is 3.79. The molecule has 0 radical (unpaired) electrons. The van der Waals surface area contributed by atoms with Gasteiger partial charge in [0.2, 0.25) is 0 Å². The summed E-state index contributed by atoms with van der Waals surface area (Å²) in [6.45, 7) is 0.704. The minimum absolute atomic E-state index is 0.0380. The molecule has 0 saturated carbocycles. The van der Waals surface area contributed by atoms with E-state index in [1.807, 2.05) is 0 Å². The lowest BCUT2D eigenvalue weighted by molar-refractivity contribution is -0.384. The van der Waals surface area contributed by atoms with Gasteiger partial charge in [-0.3, -0.25) is 14.9 Å². The number of fused-ring (bicyclic) bond motifs is 1. The summed E-state index contributed by atoms with van der Waals surface area (Å²) in [5.41, 5.74) is 0.271. The van der Waals surface area contributed by atoms with E-state index in [2.05, 4.69) is 4.99 Å². The Morgan fingerprint density at radius 3 is 2.85 bits per heavy atom. The van der Waals surface area contributed by atoms with E-state index in [9.17, 15) is 19.3 Å². The Balaban J connectivity index is 2.17. The highest BCUT2D eigenvalue weighted by atomic mass is 35.5. The van der Waals surface area contributed by atoms with Gasteiger partial charge in [0.15, 0.2) is 4.80 Å². The number of nitro groups is 1. The van der Waals surface area contributed by atoms with Crippen LogP contribution in [0.4, 0.5) is 10.1 Å². The summed E-state index contributed by atoms with van der Waals surface area (Å²) in [7, 11) is 1.53. The van der Waals surface area contributed by atoms with Crippen molar-refractivity contribution < 1.29 is 18.8 Å². The molecule has 0 atom stereocenters. The van der Waals surface area contributed by atoms with Gasteiger partial charge >= 0.3 is 0 Å². The van der Waals surface area contributed by atoms with Gasteiger partial charge in [-0.2, -0.15) is 4.99 Å². The van der Waals surface area contributed by atoms with Crippen molar-refractivity contribution in [3.05, 3.63) is 67.7 Å².